The molecule has 0 aromatic heterocycles. The van der Waals surface area contributed by atoms with Crippen LogP contribution in [-0.2, 0) is 11.3 Å². The maximum absolute atomic E-state index is 12.3. The van der Waals surface area contributed by atoms with Crippen molar-refractivity contribution in [3.8, 4) is 5.75 Å². The van der Waals surface area contributed by atoms with E-state index in [4.69, 9.17) is 16.3 Å². The van der Waals surface area contributed by atoms with Gasteiger partial charge < -0.3 is 10.1 Å². The molecule has 28 heavy (non-hydrogen) atoms. The minimum absolute atomic E-state index is 0.0225. The molecule has 5 nitrogen and oxygen atoms in total. The van der Waals surface area contributed by atoms with E-state index in [1.165, 1.54) is 5.56 Å². The van der Waals surface area contributed by atoms with Crippen LogP contribution in [0.3, 0.4) is 0 Å². The molecule has 6 heteroatoms. The lowest BCUT2D eigenvalue weighted by Crippen LogP contribution is -2.48. The van der Waals surface area contributed by atoms with Crippen LogP contribution in [0.1, 0.15) is 18.1 Å². The Hall–Kier alpha value is -2.08. The van der Waals surface area contributed by atoms with Gasteiger partial charge in [0, 0.05) is 32.7 Å². The minimum Gasteiger partial charge on any atom is -0.494 e. The zero-order valence-electron chi connectivity index (χ0n) is 16.6. The van der Waals surface area contributed by atoms with Gasteiger partial charge in [0.15, 0.2) is 0 Å². The standard InChI is InChI=1S/C22H28ClN3O2/c1-3-28-19-7-5-18(6-8-19)15-25-10-12-26(13-11-25)16-22(27)24-21-9-4-17(2)14-20(21)23/h4-9,14H,3,10-13,15-16H2,1-2H3,(H,24,27). The number of hydrogen-bond donors (Lipinski definition) is 1. The van der Waals surface area contributed by atoms with Gasteiger partial charge in [0.2, 0.25) is 5.91 Å². The smallest absolute Gasteiger partial charge is 0.238 e. The number of anilines is 1. The molecule has 0 atom stereocenters. The molecule has 3 rings (SSSR count). The summed E-state index contributed by atoms with van der Waals surface area (Å²) < 4.78 is 5.49. The van der Waals surface area contributed by atoms with Gasteiger partial charge in [-0.25, -0.2) is 0 Å². The first-order valence-corrected chi connectivity index (χ1v) is 10.1. The van der Waals surface area contributed by atoms with Crippen molar-refractivity contribution < 1.29 is 9.53 Å². The zero-order chi connectivity index (χ0) is 19.9. The second-order valence-electron chi connectivity index (χ2n) is 7.16. The molecule has 2 aromatic rings. The fraction of sp³-hybridized carbons (Fsp3) is 0.409. The van der Waals surface area contributed by atoms with Crippen molar-refractivity contribution in [2.45, 2.75) is 20.4 Å². The number of nitrogens with one attached hydrogen (secondary N) is 1. The summed E-state index contributed by atoms with van der Waals surface area (Å²) in [7, 11) is 0. The van der Waals surface area contributed by atoms with Gasteiger partial charge in [0.1, 0.15) is 5.75 Å². The quantitative estimate of drug-likeness (QED) is 0.766. The van der Waals surface area contributed by atoms with Gasteiger partial charge >= 0.3 is 0 Å². The van der Waals surface area contributed by atoms with Crippen LogP contribution >= 0.6 is 11.6 Å². The van der Waals surface area contributed by atoms with Crippen molar-refractivity contribution >= 4 is 23.2 Å². The van der Waals surface area contributed by atoms with Crippen molar-refractivity contribution in [1.29, 1.82) is 0 Å². The van der Waals surface area contributed by atoms with E-state index >= 15 is 0 Å². The Bertz CT molecular complexity index is 787. The predicted octanol–water partition coefficient (Wildman–Crippen LogP) is 3.80. The third-order valence-electron chi connectivity index (χ3n) is 4.87. The number of halogens is 1. The van der Waals surface area contributed by atoms with Gasteiger partial charge in [-0.1, -0.05) is 29.8 Å². The van der Waals surface area contributed by atoms with Crippen LogP contribution < -0.4 is 10.1 Å². The Morgan fingerprint density at radius 1 is 1.07 bits per heavy atom. The van der Waals surface area contributed by atoms with E-state index in [1.54, 1.807) is 0 Å². The molecule has 0 unspecified atom stereocenters. The van der Waals surface area contributed by atoms with E-state index in [0.29, 0.717) is 23.9 Å². The highest BCUT2D eigenvalue weighted by Gasteiger charge is 2.19. The summed E-state index contributed by atoms with van der Waals surface area (Å²) in [5.74, 6) is 0.890. The fourth-order valence-electron chi connectivity index (χ4n) is 3.34. The zero-order valence-corrected chi connectivity index (χ0v) is 17.3. The Morgan fingerprint density at radius 2 is 1.75 bits per heavy atom. The fourth-order valence-corrected chi connectivity index (χ4v) is 3.62. The largest absolute Gasteiger partial charge is 0.494 e. The lowest BCUT2D eigenvalue weighted by atomic mass is 10.2. The van der Waals surface area contributed by atoms with Gasteiger partial charge in [-0.15, -0.1) is 0 Å². The number of hydrogen-bond acceptors (Lipinski definition) is 4. The Balaban J connectivity index is 1.42. The molecular weight excluding hydrogens is 374 g/mol. The summed E-state index contributed by atoms with van der Waals surface area (Å²) in [6, 6.07) is 13.9. The third-order valence-corrected chi connectivity index (χ3v) is 5.18. The van der Waals surface area contributed by atoms with Crippen LogP contribution in [-0.4, -0.2) is 55.0 Å². The Kier molecular flexibility index (Phi) is 7.31. The third kappa shape index (κ3) is 5.96. The molecule has 1 aliphatic heterocycles. The Morgan fingerprint density at radius 3 is 2.39 bits per heavy atom. The first kappa shape index (κ1) is 20.6. The van der Waals surface area contributed by atoms with E-state index in [-0.39, 0.29) is 5.91 Å². The lowest BCUT2D eigenvalue weighted by molar-refractivity contribution is -0.117. The first-order valence-electron chi connectivity index (χ1n) is 9.76. The molecule has 1 amide bonds. The van der Waals surface area contributed by atoms with Crippen LogP contribution in [0.15, 0.2) is 42.5 Å². The summed E-state index contributed by atoms with van der Waals surface area (Å²) in [5.41, 5.74) is 3.03. The second-order valence-corrected chi connectivity index (χ2v) is 7.57. The van der Waals surface area contributed by atoms with Crippen molar-refractivity contribution in [3.05, 3.63) is 58.6 Å². The molecule has 0 aliphatic carbocycles. The number of nitrogens with zero attached hydrogens (tertiary/aromatic N) is 2. The van der Waals surface area contributed by atoms with Crippen molar-refractivity contribution in [3.63, 3.8) is 0 Å². The number of piperazine rings is 1. The summed E-state index contributed by atoms with van der Waals surface area (Å²) >= 11 is 6.20. The average molecular weight is 402 g/mol. The molecule has 0 spiro atoms. The van der Waals surface area contributed by atoms with Gasteiger partial charge in [0.25, 0.3) is 0 Å². The lowest BCUT2D eigenvalue weighted by Gasteiger charge is -2.34. The molecule has 0 saturated carbocycles. The maximum atomic E-state index is 12.3. The van der Waals surface area contributed by atoms with Crippen LogP contribution in [0.25, 0.3) is 0 Å². The monoisotopic (exact) mass is 401 g/mol. The SMILES string of the molecule is CCOc1ccc(CN2CCN(CC(=O)Nc3ccc(C)cc3Cl)CC2)cc1. The molecule has 1 N–H and O–H groups in total. The second kappa shape index (κ2) is 9.92. The molecule has 1 aliphatic rings. The summed E-state index contributed by atoms with van der Waals surface area (Å²) in [4.78, 5) is 16.9. The summed E-state index contributed by atoms with van der Waals surface area (Å²) in [6.45, 7) is 9.63. The van der Waals surface area contributed by atoms with Crippen LogP contribution in [0.5, 0.6) is 5.75 Å². The topological polar surface area (TPSA) is 44.8 Å². The molecule has 1 heterocycles. The first-order chi connectivity index (χ1) is 13.5. The predicted molar refractivity (Wildman–Crippen MR) is 114 cm³/mol. The van der Waals surface area contributed by atoms with Gasteiger partial charge in [0.05, 0.1) is 23.9 Å². The maximum Gasteiger partial charge on any atom is 0.238 e. The van der Waals surface area contributed by atoms with Crippen molar-refractivity contribution in [1.82, 2.24) is 9.80 Å². The molecular formula is C22H28ClN3O2. The highest BCUT2D eigenvalue weighted by atomic mass is 35.5. The molecule has 1 fully saturated rings. The van der Waals surface area contributed by atoms with E-state index in [2.05, 4.69) is 27.2 Å². The summed E-state index contributed by atoms with van der Waals surface area (Å²) in [5, 5.41) is 3.49. The molecule has 0 radical (unpaired) electrons. The highest BCUT2D eigenvalue weighted by Crippen LogP contribution is 2.22. The number of carbonyl (C=O) groups excluding carboxylic acids is 1. The molecule has 1 saturated heterocycles. The number of amides is 1. The van der Waals surface area contributed by atoms with Gasteiger partial charge in [-0.2, -0.15) is 0 Å². The summed E-state index contributed by atoms with van der Waals surface area (Å²) in [6.07, 6.45) is 0. The highest BCUT2D eigenvalue weighted by molar-refractivity contribution is 6.33. The number of rotatable bonds is 7. The van der Waals surface area contributed by atoms with Crippen molar-refractivity contribution in [2.24, 2.45) is 0 Å². The normalized spacial score (nSPS) is 15.4. The van der Waals surface area contributed by atoms with E-state index in [0.717, 1.165) is 44.0 Å². The van der Waals surface area contributed by atoms with Crippen LogP contribution in [0, 0.1) is 6.92 Å². The minimum atomic E-state index is -0.0225. The van der Waals surface area contributed by atoms with Crippen LogP contribution in [0.4, 0.5) is 5.69 Å². The number of carbonyl (C=O) groups is 1. The molecule has 150 valence electrons. The van der Waals surface area contributed by atoms with E-state index < -0.39 is 0 Å². The number of aryl methyl sites for hydroxylation is 1. The van der Waals surface area contributed by atoms with Crippen molar-refractivity contribution in [2.75, 3.05) is 44.6 Å². The van der Waals surface area contributed by atoms with Gasteiger partial charge in [-0.3, -0.25) is 14.6 Å². The van der Waals surface area contributed by atoms with Crippen LogP contribution in [0.2, 0.25) is 5.02 Å². The van der Waals surface area contributed by atoms with Gasteiger partial charge in [-0.05, 0) is 49.2 Å². The average Bonchev–Trinajstić information content (AvgIpc) is 2.67. The van der Waals surface area contributed by atoms with E-state index in [9.17, 15) is 4.79 Å². The number of benzene rings is 2. The van der Waals surface area contributed by atoms with E-state index in [1.807, 2.05) is 44.2 Å². The molecule has 0 bridgehead atoms. The number of ether oxygens (including phenoxy) is 1. The Labute approximate surface area is 172 Å². The molecule has 2 aromatic carbocycles.